The molecule has 1 amide bonds. The Labute approximate surface area is 233 Å². The van der Waals surface area contributed by atoms with Gasteiger partial charge in [0.2, 0.25) is 12.7 Å². The van der Waals surface area contributed by atoms with Crippen molar-refractivity contribution in [1.82, 2.24) is 4.90 Å². The Morgan fingerprint density at radius 1 is 0.949 bits per heavy atom. The molecule has 3 aromatic carbocycles. The molecule has 0 saturated heterocycles. The maximum absolute atomic E-state index is 13.3. The van der Waals surface area contributed by atoms with Gasteiger partial charge in [-0.15, -0.1) is 11.8 Å². The van der Waals surface area contributed by atoms with Crippen molar-refractivity contribution in [1.29, 1.82) is 0 Å². The second-order valence-corrected chi connectivity index (χ2v) is 10.6. The number of amides is 1. The van der Waals surface area contributed by atoms with E-state index >= 15 is 0 Å². The van der Waals surface area contributed by atoms with Gasteiger partial charge in [0.25, 0.3) is 0 Å². The van der Waals surface area contributed by atoms with Crippen LogP contribution in [0.2, 0.25) is 0 Å². The summed E-state index contributed by atoms with van der Waals surface area (Å²) in [5.41, 5.74) is 1.77. The number of carbonyl (C=O) groups excluding carboxylic acids is 1. The van der Waals surface area contributed by atoms with Crippen LogP contribution in [0.25, 0.3) is 0 Å². The average Bonchev–Trinajstić information content (AvgIpc) is 3.43. The zero-order valence-electron chi connectivity index (χ0n) is 22.6. The van der Waals surface area contributed by atoms with Gasteiger partial charge in [0.15, 0.2) is 11.5 Å². The number of methoxy groups -OCH3 is 1. The topological polar surface area (TPSA) is 69.7 Å². The monoisotopic (exact) mass is 550 g/mol. The Bertz CT molecular complexity index is 1300. The van der Waals surface area contributed by atoms with Crippen LogP contribution in [0.4, 0.5) is 5.69 Å². The van der Waals surface area contributed by atoms with Crippen molar-refractivity contribution >= 4 is 23.4 Å². The molecule has 2 heterocycles. The third-order valence-corrected chi connectivity index (χ3v) is 8.09. The Balaban J connectivity index is 1.10. The zero-order chi connectivity index (χ0) is 27.2. The minimum Gasteiger partial charge on any atom is -0.497 e. The maximum atomic E-state index is 13.3. The van der Waals surface area contributed by atoms with Crippen LogP contribution in [0.15, 0.2) is 65.6 Å². The Kier molecular flexibility index (Phi) is 8.68. The van der Waals surface area contributed by atoms with Crippen molar-refractivity contribution < 1.29 is 28.5 Å². The molecule has 206 valence electrons. The highest BCUT2D eigenvalue weighted by Crippen LogP contribution is 2.48. The lowest BCUT2D eigenvalue weighted by atomic mass is 10.1. The first-order valence-corrected chi connectivity index (χ1v) is 14.0. The van der Waals surface area contributed by atoms with E-state index in [1.807, 2.05) is 67.7 Å². The summed E-state index contributed by atoms with van der Waals surface area (Å²) in [5, 5.41) is -0.397. The second-order valence-electron chi connectivity index (χ2n) is 9.49. The van der Waals surface area contributed by atoms with Crippen molar-refractivity contribution in [3.8, 4) is 28.7 Å². The van der Waals surface area contributed by atoms with E-state index in [0.717, 1.165) is 65.1 Å². The number of benzene rings is 3. The minimum absolute atomic E-state index is 0.0291. The number of rotatable bonds is 12. The highest BCUT2D eigenvalue weighted by Gasteiger charge is 2.34. The summed E-state index contributed by atoms with van der Waals surface area (Å²) in [6, 6.07) is 19.3. The molecule has 2 aliphatic rings. The SMILES string of the molecule is COc1ccc(OCCCCN(C)CCOc2ccc3c(c2)OCO3)c(C2Sc3ccccc3N(C)C2=O)c1. The summed E-state index contributed by atoms with van der Waals surface area (Å²) in [7, 11) is 5.55. The van der Waals surface area contributed by atoms with Gasteiger partial charge < -0.3 is 33.5 Å². The van der Waals surface area contributed by atoms with Crippen molar-refractivity contribution in [2.75, 3.05) is 59.2 Å². The van der Waals surface area contributed by atoms with E-state index < -0.39 is 5.25 Å². The largest absolute Gasteiger partial charge is 0.497 e. The highest BCUT2D eigenvalue weighted by atomic mass is 32.2. The van der Waals surface area contributed by atoms with Gasteiger partial charge in [0, 0.05) is 30.1 Å². The minimum atomic E-state index is -0.397. The molecule has 1 atom stereocenters. The van der Waals surface area contributed by atoms with E-state index in [1.165, 1.54) is 0 Å². The predicted molar refractivity (Wildman–Crippen MR) is 152 cm³/mol. The molecule has 2 aliphatic heterocycles. The average molecular weight is 551 g/mol. The van der Waals surface area contributed by atoms with Gasteiger partial charge in [0.05, 0.1) is 19.4 Å². The normalized spacial score (nSPS) is 15.8. The molecule has 8 nitrogen and oxygen atoms in total. The number of thioether (sulfide) groups is 1. The number of hydrogen-bond donors (Lipinski definition) is 0. The van der Waals surface area contributed by atoms with Crippen LogP contribution in [0.3, 0.4) is 0 Å². The number of para-hydroxylation sites is 1. The molecular formula is C30H34N2O6S. The molecule has 5 rings (SSSR count). The fourth-order valence-electron chi connectivity index (χ4n) is 4.56. The summed E-state index contributed by atoms with van der Waals surface area (Å²) >= 11 is 1.56. The van der Waals surface area contributed by atoms with Crippen LogP contribution in [0, 0.1) is 0 Å². The Morgan fingerprint density at radius 2 is 1.77 bits per heavy atom. The molecule has 0 radical (unpaired) electrons. The number of likely N-dealkylation sites (N-methyl/N-ethyl adjacent to an activating group) is 2. The van der Waals surface area contributed by atoms with E-state index in [4.69, 9.17) is 23.7 Å². The lowest BCUT2D eigenvalue weighted by molar-refractivity contribution is -0.118. The molecule has 9 heteroatoms. The number of nitrogens with zero attached hydrogens (tertiary/aromatic N) is 2. The number of ether oxygens (including phenoxy) is 5. The van der Waals surface area contributed by atoms with Crippen LogP contribution >= 0.6 is 11.8 Å². The first-order valence-electron chi connectivity index (χ1n) is 13.1. The summed E-state index contributed by atoms with van der Waals surface area (Å²) in [4.78, 5) is 18.3. The lowest BCUT2D eigenvalue weighted by Gasteiger charge is -2.32. The highest BCUT2D eigenvalue weighted by molar-refractivity contribution is 8.00. The molecule has 39 heavy (non-hydrogen) atoms. The first kappa shape index (κ1) is 27.0. The Morgan fingerprint density at radius 3 is 2.64 bits per heavy atom. The van der Waals surface area contributed by atoms with E-state index in [1.54, 1.807) is 23.8 Å². The smallest absolute Gasteiger partial charge is 0.244 e. The van der Waals surface area contributed by atoms with E-state index in [0.29, 0.717) is 19.0 Å². The molecule has 0 spiro atoms. The molecule has 0 bridgehead atoms. The van der Waals surface area contributed by atoms with Crippen molar-refractivity contribution in [2.24, 2.45) is 0 Å². The zero-order valence-corrected chi connectivity index (χ0v) is 23.4. The summed E-state index contributed by atoms with van der Waals surface area (Å²) in [5.74, 6) is 3.72. The number of anilines is 1. The van der Waals surface area contributed by atoms with Crippen molar-refractivity contribution in [3.63, 3.8) is 0 Å². The van der Waals surface area contributed by atoms with Gasteiger partial charge in [-0.05, 0) is 68.9 Å². The van der Waals surface area contributed by atoms with Gasteiger partial charge in [-0.1, -0.05) is 12.1 Å². The molecule has 0 N–H and O–H groups in total. The van der Waals surface area contributed by atoms with Crippen LogP contribution in [-0.4, -0.2) is 65.1 Å². The van der Waals surface area contributed by atoms with Crippen molar-refractivity contribution in [3.05, 3.63) is 66.2 Å². The standard InChI is InChI=1S/C30H34N2O6S/c1-31(15-17-35-22-11-13-26-27(19-22)38-20-37-26)14-6-7-16-36-25-12-10-21(34-3)18-23(25)29-30(33)32(2)24-8-4-5-9-28(24)39-29/h4-5,8-13,18-19,29H,6-7,14-17,20H2,1-3H3. The molecule has 1 unspecified atom stereocenters. The van der Waals surface area contributed by atoms with Gasteiger partial charge >= 0.3 is 0 Å². The third kappa shape index (κ3) is 6.37. The van der Waals surface area contributed by atoms with Gasteiger partial charge in [-0.3, -0.25) is 4.79 Å². The number of carbonyl (C=O) groups is 1. The molecule has 3 aromatic rings. The fourth-order valence-corrected chi connectivity index (χ4v) is 5.86. The van der Waals surface area contributed by atoms with E-state index in [9.17, 15) is 4.79 Å². The maximum Gasteiger partial charge on any atom is 0.244 e. The van der Waals surface area contributed by atoms with Crippen LogP contribution in [0.1, 0.15) is 23.7 Å². The third-order valence-electron chi connectivity index (χ3n) is 6.80. The molecule has 0 aromatic heterocycles. The first-order chi connectivity index (χ1) is 19.0. The van der Waals surface area contributed by atoms with Gasteiger partial charge in [-0.25, -0.2) is 0 Å². The number of unbranched alkanes of at least 4 members (excludes halogenated alkanes) is 1. The summed E-state index contributed by atoms with van der Waals surface area (Å²) in [6.45, 7) is 3.16. The molecule has 0 fully saturated rings. The van der Waals surface area contributed by atoms with Crippen LogP contribution in [0.5, 0.6) is 28.7 Å². The van der Waals surface area contributed by atoms with Crippen molar-refractivity contribution in [2.45, 2.75) is 23.0 Å². The Hall–Kier alpha value is -3.56. The second kappa shape index (κ2) is 12.5. The van der Waals surface area contributed by atoms with Crippen LogP contribution < -0.4 is 28.6 Å². The van der Waals surface area contributed by atoms with Crippen LogP contribution in [-0.2, 0) is 4.79 Å². The number of fused-ring (bicyclic) bond motifs is 2. The van der Waals surface area contributed by atoms with E-state index in [-0.39, 0.29) is 12.7 Å². The lowest BCUT2D eigenvalue weighted by Crippen LogP contribution is -2.33. The van der Waals surface area contributed by atoms with Gasteiger partial charge in [0.1, 0.15) is 29.1 Å². The molecular weight excluding hydrogens is 516 g/mol. The van der Waals surface area contributed by atoms with Gasteiger partial charge in [-0.2, -0.15) is 0 Å². The summed E-state index contributed by atoms with van der Waals surface area (Å²) < 4.78 is 28.3. The van der Waals surface area contributed by atoms with E-state index in [2.05, 4.69) is 11.9 Å². The molecule has 0 saturated carbocycles. The fraction of sp³-hybridized carbons (Fsp3) is 0.367. The number of hydrogen-bond acceptors (Lipinski definition) is 8. The summed E-state index contributed by atoms with van der Waals surface area (Å²) in [6.07, 6.45) is 1.88. The quantitative estimate of drug-likeness (QED) is 0.278. The molecule has 0 aliphatic carbocycles. The predicted octanol–water partition coefficient (Wildman–Crippen LogP) is 5.40.